The molecule has 0 aliphatic rings. The van der Waals surface area contributed by atoms with Gasteiger partial charge in [-0.15, -0.1) is 0 Å². The minimum Gasteiger partial charge on any atom is -0.351 e. The predicted octanol–water partition coefficient (Wildman–Crippen LogP) is 0.0487. The first-order valence-corrected chi connectivity index (χ1v) is 5.49. The van der Waals surface area contributed by atoms with Crippen LogP contribution >= 0.6 is 0 Å². The second kappa shape index (κ2) is 6.82. The van der Waals surface area contributed by atoms with Gasteiger partial charge < -0.3 is 15.6 Å². The van der Waals surface area contributed by atoms with E-state index >= 15 is 0 Å². The fourth-order valence-corrected chi connectivity index (χ4v) is 1.30. The molecule has 0 unspecified atom stereocenters. The molecule has 0 radical (unpaired) electrons. The maximum Gasteiger partial charge on any atom is 0.269 e. The number of hydrogen-bond acceptors (Lipinski definition) is 5. The topological polar surface area (TPSA) is 83.3 Å². The Morgan fingerprint density at radius 2 is 2.24 bits per heavy atom. The van der Waals surface area contributed by atoms with E-state index < -0.39 is 0 Å². The lowest BCUT2D eigenvalue weighted by Crippen LogP contribution is -2.27. The van der Waals surface area contributed by atoms with E-state index in [1.54, 1.807) is 12.1 Å². The molecule has 1 heterocycles. The first-order valence-electron chi connectivity index (χ1n) is 5.49. The fourth-order valence-electron chi connectivity index (χ4n) is 1.30. The molecule has 0 saturated heterocycles. The van der Waals surface area contributed by atoms with Crippen molar-refractivity contribution in [1.29, 1.82) is 0 Å². The molecule has 6 nitrogen and oxygen atoms in total. The summed E-state index contributed by atoms with van der Waals surface area (Å²) < 4.78 is 0. The maximum atomic E-state index is 11.7. The molecule has 0 spiro atoms. The van der Waals surface area contributed by atoms with Gasteiger partial charge in [0.2, 0.25) is 0 Å². The Labute approximate surface area is 101 Å². The third-order valence-electron chi connectivity index (χ3n) is 2.23. The summed E-state index contributed by atoms with van der Waals surface area (Å²) in [5, 5.41) is 2.81. The Kier molecular flexibility index (Phi) is 5.38. The smallest absolute Gasteiger partial charge is 0.269 e. The first-order chi connectivity index (χ1) is 8.13. The summed E-state index contributed by atoms with van der Waals surface area (Å²) in [6, 6.07) is 3.35. The monoisotopic (exact) mass is 237 g/mol. The van der Waals surface area contributed by atoms with Gasteiger partial charge in [-0.05, 0) is 39.2 Å². The molecule has 0 bridgehead atoms. The quantitative estimate of drug-likeness (QED) is 0.370. The molecule has 1 rings (SSSR count). The van der Waals surface area contributed by atoms with Crippen molar-refractivity contribution in [2.45, 2.75) is 6.42 Å². The number of carbonyl (C=O) groups is 1. The average Bonchev–Trinajstić information content (AvgIpc) is 2.34. The Balaban J connectivity index is 2.36. The van der Waals surface area contributed by atoms with E-state index in [0.717, 1.165) is 13.0 Å². The zero-order chi connectivity index (χ0) is 12.7. The van der Waals surface area contributed by atoms with Crippen LogP contribution in [0.1, 0.15) is 16.9 Å². The molecular weight excluding hydrogens is 218 g/mol. The molecule has 0 fully saturated rings. The van der Waals surface area contributed by atoms with E-state index in [9.17, 15) is 4.79 Å². The Hall–Kier alpha value is -1.66. The summed E-state index contributed by atoms with van der Waals surface area (Å²) >= 11 is 0. The van der Waals surface area contributed by atoms with Crippen molar-refractivity contribution in [1.82, 2.24) is 15.2 Å². The number of hydrogen-bond donors (Lipinski definition) is 3. The van der Waals surface area contributed by atoms with Crippen molar-refractivity contribution in [3.8, 4) is 0 Å². The molecule has 0 aliphatic heterocycles. The highest BCUT2D eigenvalue weighted by atomic mass is 16.1. The number of nitrogen functional groups attached to an aromatic ring is 1. The van der Waals surface area contributed by atoms with E-state index in [-0.39, 0.29) is 5.91 Å². The Bertz CT molecular complexity index is 349. The van der Waals surface area contributed by atoms with Crippen molar-refractivity contribution >= 4 is 11.6 Å². The Morgan fingerprint density at radius 3 is 2.76 bits per heavy atom. The molecule has 17 heavy (non-hydrogen) atoms. The summed E-state index contributed by atoms with van der Waals surface area (Å²) in [6.45, 7) is 1.60. The molecule has 0 saturated carbocycles. The van der Waals surface area contributed by atoms with Crippen molar-refractivity contribution in [2.75, 3.05) is 32.6 Å². The lowest BCUT2D eigenvalue weighted by Gasteiger charge is -2.09. The number of rotatable bonds is 6. The standard InChI is InChI=1S/C11H19N5O/c1-16(2)7-3-6-13-11(17)10-5-4-9(15-12)8-14-10/h4-5,8,15H,3,6-7,12H2,1-2H3,(H,13,17). The van der Waals surface area contributed by atoms with Crippen molar-refractivity contribution in [2.24, 2.45) is 5.84 Å². The minimum absolute atomic E-state index is 0.160. The van der Waals surface area contributed by atoms with Crippen LogP contribution < -0.4 is 16.6 Å². The number of nitrogens with zero attached hydrogens (tertiary/aromatic N) is 2. The number of anilines is 1. The molecular formula is C11H19N5O. The van der Waals surface area contributed by atoms with Crippen molar-refractivity contribution < 1.29 is 4.79 Å². The van der Waals surface area contributed by atoms with Gasteiger partial charge in [-0.2, -0.15) is 0 Å². The number of nitrogens with two attached hydrogens (primary N) is 1. The lowest BCUT2D eigenvalue weighted by atomic mass is 10.3. The molecule has 6 heteroatoms. The summed E-state index contributed by atoms with van der Waals surface area (Å²) in [6.07, 6.45) is 2.44. The van der Waals surface area contributed by atoms with Gasteiger partial charge in [0, 0.05) is 6.54 Å². The van der Waals surface area contributed by atoms with Crippen LogP contribution in [0.4, 0.5) is 5.69 Å². The third-order valence-corrected chi connectivity index (χ3v) is 2.23. The highest BCUT2D eigenvalue weighted by Crippen LogP contribution is 2.03. The molecule has 1 aromatic heterocycles. The molecule has 1 amide bonds. The van der Waals surface area contributed by atoms with Crippen LogP contribution in [0.3, 0.4) is 0 Å². The highest BCUT2D eigenvalue weighted by Gasteiger charge is 2.05. The zero-order valence-electron chi connectivity index (χ0n) is 10.2. The lowest BCUT2D eigenvalue weighted by molar-refractivity contribution is 0.0947. The van der Waals surface area contributed by atoms with Gasteiger partial charge >= 0.3 is 0 Å². The van der Waals surface area contributed by atoms with Crippen LogP contribution in [0, 0.1) is 0 Å². The van der Waals surface area contributed by atoms with Gasteiger partial charge in [-0.25, -0.2) is 4.98 Å². The van der Waals surface area contributed by atoms with Gasteiger partial charge in [0.15, 0.2) is 0 Å². The van der Waals surface area contributed by atoms with E-state index in [1.807, 2.05) is 14.1 Å². The predicted molar refractivity (Wildman–Crippen MR) is 67.6 cm³/mol. The second-order valence-corrected chi connectivity index (χ2v) is 3.99. The summed E-state index contributed by atoms with van der Waals surface area (Å²) in [7, 11) is 4.00. The van der Waals surface area contributed by atoms with E-state index in [1.165, 1.54) is 6.20 Å². The van der Waals surface area contributed by atoms with Gasteiger partial charge in [0.25, 0.3) is 5.91 Å². The average molecular weight is 237 g/mol. The van der Waals surface area contributed by atoms with Crippen molar-refractivity contribution in [3.05, 3.63) is 24.0 Å². The van der Waals surface area contributed by atoms with Crippen LogP contribution in [0.5, 0.6) is 0 Å². The molecule has 0 atom stereocenters. The van der Waals surface area contributed by atoms with E-state index in [4.69, 9.17) is 5.84 Å². The van der Waals surface area contributed by atoms with Gasteiger partial charge in [-0.3, -0.25) is 10.6 Å². The van der Waals surface area contributed by atoms with E-state index in [2.05, 4.69) is 20.6 Å². The number of carbonyl (C=O) groups excluding carboxylic acids is 1. The number of aromatic nitrogens is 1. The number of hydrazine groups is 1. The first kappa shape index (κ1) is 13.4. The van der Waals surface area contributed by atoms with Gasteiger partial charge in [0.1, 0.15) is 5.69 Å². The van der Waals surface area contributed by atoms with Crippen LogP contribution in [0.2, 0.25) is 0 Å². The third kappa shape index (κ3) is 4.80. The second-order valence-electron chi connectivity index (χ2n) is 3.99. The van der Waals surface area contributed by atoms with Crippen molar-refractivity contribution in [3.63, 3.8) is 0 Å². The summed E-state index contributed by atoms with van der Waals surface area (Å²) in [5.41, 5.74) is 3.53. The summed E-state index contributed by atoms with van der Waals surface area (Å²) in [4.78, 5) is 17.7. The van der Waals surface area contributed by atoms with Crippen LogP contribution in [0.25, 0.3) is 0 Å². The SMILES string of the molecule is CN(C)CCCNC(=O)c1ccc(NN)cn1. The highest BCUT2D eigenvalue weighted by molar-refractivity contribution is 5.92. The normalized spacial score (nSPS) is 10.4. The zero-order valence-corrected chi connectivity index (χ0v) is 10.2. The molecule has 94 valence electrons. The number of amides is 1. The van der Waals surface area contributed by atoms with Gasteiger partial charge in [0.05, 0.1) is 11.9 Å². The van der Waals surface area contributed by atoms with Gasteiger partial charge in [-0.1, -0.05) is 0 Å². The maximum absolute atomic E-state index is 11.7. The summed E-state index contributed by atoms with van der Waals surface area (Å²) in [5.74, 6) is 5.05. The minimum atomic E-state index is -0.160. The van der Waals surface area contributed by atoms with E-state index in [0.29, 0.717) is 17.9 Å². The van der Waals surface area contributed by atoms with Crippen LogP contribution in [-0.2, 0) is 0 Å². The van der Waals surface area contributed by atoms with Crippen LogP contribution in [-0.4, -0.2) is 43.0 Å². The fraction of sp³-hybridized carbons (Fsp3) is 0.455. The number of nitrogens with one attached hydrogen (secondary N) is 2. The Morgan fingerprint density at radius 1 is 1.47 bits per heavy atom. The van der Waals surface area contributed by atoms with Crippen LogP contribution in [0.15, 0.2) is 18.3 Å². The molecule has 0 aromatic carbocycles. The number of pyridine rings is 1. The molecule has 4 N–H and O–H groups in total. The largest absolute Gasteiger partial charge is 0.351 e. The molecule has 1 aromatic rings. The molecule has 0 aliphatic carbocycles.